The number of esters is 1. The van der Waals surface area contributed by atoms with Crippen molar-refractivity contribution in [1.29, 1.82) is 0 Å². The summed E-state index contributed by atoms with van der Waals surface area (Å²) in [4.78, 5) is 16.4. The number of ether oxygens (including phenoxy) is 1. The van der Waals surface area contributed by atoms with E-state index in [1.54, 1.807) is 0 Å². The molecule has 0 aliphatic heterocycles. The molecule has 5 heteroatoms. The summed E-state index contributed by atoms with van der Waals surface area (Å²) in [6.07, 6.45) is 3.76. The van der Waals surface area contributed by atoms with Gasteiger partial charge in [-0.2, -0.15) is 0 Å². The molecule has 5 rings (SSSR count). The summed E-state index contributed by atoms with van der Waals surface area (Å²) in [6, 6.07) is 16.4. The van der Waals surface area contributed by atoms with Gasteiger partial charge in [0.05, 0.1) is 23.3 Å². The van der Waals surface area contributed by atoms with E-state index >= 15 is 0 Å². The van der Waals surface area contributed by atoms with Crippen molar-refractivity contribution in [2.24, 2.45) is 5.92 Å². The first-order valence-electron chi connectivity index (χ1n) is 9.87. The number of nitrogens with zero attached hydrogens (tertiary/aromatic N) is 2. The molecular weight excluding hydrogens is 384 g/mol. The third-order valence-corrected chi connectivity index (χ3v) is 5.89. The SMILES string of the molecule is Cc1ccc(Cl)c(Cn2c3ccccc3c3cc(COC(=O)C4CC4)ncc32)c1. The largest absolute Gasteiger partial charge is 0.459 e. The predicted molar refractivity (Wildman–Crippen MR) is 115 cm³/mol. The number of carbonyl (C=O) groups excluding carboxylic acids is 1. The molecule has 2 aromatic heterocycles. The van der Waals surface area contributed by atoms with Gasteiger partial charge in [0, 0.05) is 27.9 Å². The maximum absolute atomic E-state index is 11.9. The summed E-state index contributed by atoms with van der Waals surface area (Å²) in [5.41, 5.74) is 5.21. The summed E-state index contributed by atoms with van der Waals surface area (Å²) < 4.78 is 7.67. The summed E-state index contributed by atoms with van der Waals surface area (Å²) in [5.74, 6) is -0.0110. The van der Waals surface area contributed by atoms with Crippen LogP contribution >= 0.6 is 11.6 Å². The Balaban J connectivity index is 1.56. The van der Waals surface area contributed by atoms with Crippen LogP contribution in [0.4, 0.5) is 0 Å². The molecule has 0 atom stereocenters. The zero-order valence-corrected chi connectivity index (χ0v) is 16.9. The number of pyridine rings is 1. The minimum atomic E-state index is -0.108. The van der Waals surface area contributed by atoms with Gasteiger partial charge in [-0.3, -0.25) is 9.78 Å². The minimum Gasteiger partial charge on any atom is -0.459 e. The molecule has 4 nitrogen and oxygen atoms in total. The first kappa shape index (κ1) is 18.2. The Morgan fingerprint density at radius 2 is 1.97 bits per heavy atom. The number of fused-ring (bicyclic) bond motifs is 3. The van der Waals surface area contributed by atoms with Crippen LogP contribution in [0.25, 0.3) is 21.8 Å². The molecule has 29 heavy (non-hydrogen) atoms. The highest BCUT2D eigenvalue weighted by molar-refractivity contribution is 6.31. The number of benzene rings is 2. The van der Waals surface area contributed by atoms with Crippen LogP contribution in [-0.2, 0) is 22.7 Å². The standard InChI is InChI=1S/C24H21ClN2O2/c1-15-6-9-21(25)17(10-15)13-27-22-5-3-2-4-19(22)20-11-18(26-12-23(20)27)14-29-24(28)16-7-8-16/h2-6,9-12,16H,7-8,13-14H2,1H3. The highest BCUT2D eigenvalue weighted by Gasteiger charge is 2.31. The van der Waals surface area contributed by atoms with Crippen LogP contribution in [0.1, 0.15) is 29.7 Å². The number of rotatable bonds is 5. The summed E-state index contributed by atoms with van der Waals surface area (Å²) in [7, 11) is 0. The van der Waals surface area contributed by atoms with Gasteiger partial charge in [-0.05, 0) is 43.5 Å². The molecular formula is C24H21ClN2O2. The van der Waals surface area contributed by atoms with E-state index in [1.807, 2.05) is 36.5 Å². The molecule has 1 aliphatic carbocycles. The van der Waals surface area contributed by atoms with E-state index in [4.69, 9.17) is 16.3 Å². The van der Waals surface area contributed by atoms with Crippen molar-refractivity contribution in [3.8, 4) is 0 Å². The van der Waals surface area contributed by atoms with E-state index in [2.05, 4.69) is 34.7 Å². The predicted octanol–water partition coefficient (Wildman–Crippen LogP) is 5.65. The number of para-hydroxylation sites is 1. The fraction of sp³-hybridized carbons (Fsp3) is 0.250. The van der Waals surface area contributed by atoms with E-state index in [0.717, 1.165) is 50.9 Å². The van der Waals surface area contributed by atoms with Crippen molar-refractivity contribution in [2.45, 2.75) is 32.9 Å². The van der Waals surface area contributed by atoms with Crippen LogP contribution in [0, 0.1) is 12.8 Å². The molecule has 1 aliphatic rings. The maximum atomic E-state index is 11.9. The molecule has 0 saturated heterocycles. The van der Waals surface area contributed by atoms with E-state index in [9.17, 15) is 4.79 Å². The number of carbonyl (C=O) groups is 1. The van der Waals surface area contributed by atoms with Gasteiger partial charge in [-0.1, -0.05) is 47.5 Å². The molecule has 0 bridgehead atoms. The van der Waals surface area contributed by atoms with Crippen molar-refractivity contribution in [3.05, 3.63) is 76.6 Å². The second kappa shape index (κ2) is 7.20. The first-order chi connectivity index (χ1) is 14.1. The zero-order valence-electron chi connectivity index (χ0n) is 16.2. The Morgan fingerprint density at radius 3 is 2.79 bits per heavy atom. The summed E-state index contributed by atoms with van der Waals surface area (Å²) in [6.45, 7) is 2.96. The molecule has 0 spiro atoms. The monoisotopic (exact) mass is 404 g/mol. The van der Waals surface area contributed by atoms with E-state index < -0.39 is 0 Å². The van der Waals surface area contributed by atoms with Crippen molar-refractivity contribution in [2.75, 3.05) is 0 Å². The minimum absolute atomic E-state index is 0.0970. The van der Waals surface area contributed by atoms with Crippen molar-refractivity contribution in [3.63, 3.8) is 0 Å². The van der Waals surface area contributed by atoms with Crippen LogP contribution in [0.5, 0.6) is 0 Å². The molecule has 146 valence electrons. The van der Waals surface area contributed by atoms with Gasteiger partial charge < -0.3 is 9.30 Å². The Labute approximate surface area is 174 Å². The van der Waals surface area contributed by atoms with Gasteiger partial charge in [-0.15, -0.1) is 0 Å². The third kappa shape index (κ3) is 3.49. The second-order valence-electron chi connectivity index (χ2n) is 7.77. The van der Waals surface area contributed by atoms with Gasteiger partial charge in [0.15, 0.2) is 0 Å². The topological polar surface area (TPSA) is 44.1 Å². The van der Waals surface area contributed by atoms with E-state index in [-0.39, 0.29) is 18.5 Å². The highest BCUT2D eigenvalue weighted by atomic mass is 35.5. The lowest BCUT2D eigenvalue weighted by molar-refractivity contribution is -0.146. The van der Waals surface area contributed by atoms with Gasteiger partial charge >= 0.3 is 5.97 Å². The van der Waals surface area contributed by atoms with Crippen molar-refractivity contribution < 1.29 is 9.53 Å². The normalized spacial score (nSPS) is 13.9. The lowest BCUT2D eigenvalue weighted by Gasteiger charge is -2.10. The van der Waals surface area contributed by atoms with Gasteiger partial charge in [0.1, 0.15) is 6.61 Å². The Morgan fingerprint density at radius 1 is 1.14 bits per heavy atom. The van der Waals surface area contributed by atoms with Crippen LogP contribution in [-0.4, -0.2) is 15.5 Å². The molecule has 1 fully saturated rings. The summed E-state index contributed by atoms with van der Waals surface area (Å²) >= 11 is 6.46. The van der Waals surface area contributed by atoms with Crippen molar-refractivity contribution >= 4 is 39.4 Å². The van der Waals surface area contributed by atoms with Crippen molar-refractivity contribution in [1.82, 2.24) is 9.55 Å². The quantitative estimate of drug-likeness (QED) is 0.403. The first-order valence-corrected chi connectivity index (χ1v) is 10.3. The van der Waals surface area contributed by atoms with Gasteiger partial charge in [0.2, 0.25) is 0 Å². The van der Waals surface area contributed by atoms with Gasteiger partial charge in [0.25, 0.3) is 0 Å². The molecule has 0 radical (unpaired) electrons. The Hall–Kier alpha value is -2.85. The Kier molecular flexibility index (Phi) is 4.51. The number of halogens is 1. The van der Waals surface area contributed by atoms with Crippen LogP contribution in [0.15, 0.2) is 54.7 Å². The molecule has 4 aromatic rings. The zero-order chi connectivity index (χ0) is 20.0. The van der Waals surface area contributed by atoms with Crippen LogP contribution < -0.4 is 0 Å². The average molecular weight is 405 g/mol. The third-order valence-electron chi connectivity index (χ3n) is 5.52. The number of hydrogen-bond acceptors (Lipinski definition) is 3. The van der Waals surface area contributed by atoms with E-state index in [0.29, 0.717) is 6.54 Å². The average Bonchev–Trinajstić information content (AvgIpc) is 3.54. The molecule has 0 N–H and O–H groups in total. The van der Waals surface area contributed by atoms with Crippen LogP contribution in [0.2, 0.25) is 5.02 Å². The Bertz CT molecular complexity index is 1240. The summed E-state index contributed by atoms with van der Waals surface area (Å²) in [5, 5.41) is 3.03. The maximum Gasteiger partial charge on any atom is 0.309 e. The lowest BCUT2D eigenvalue weighted by Crippen LogP contribution is -2.07. The number of aryl methyl sites for hydroxylation is 1. The molecule has 2 heterocycles. The van der Waals surface area contributed by atoms with Gasteiger partial charge in [-0.25, -0.2) is 0 Å². The van der Waals surface area contributed by atoms with E-state index in [1.165, 1.54) is 5.56 Å². The fourth-order valence-corrected chi connectivity index (χ4v) is 3.99. The number of hydrogen-bond donors (Lipinski definition) is 0. The highest BCUT2D eigenvalue weighted by Crippen LogP contribution is 2.32. The smallest absolute Gasteiger partial charge is 0.309 e. The molecule has 0 unspecified atom stereocenters. The molecule has 0 amide bonds. The lowest BCUT2D eigenvalue weighted by atomic mass is 10.1. The molecule has 2 aromatic carbocycles. The fourth-order valence-electron chi connectivity index (χ4n) is 3.82. The molecule has 1 saturated carbocycles. The number of aromatic nitrogens is 2. The van der Waals surface area contributed by atoms with Crippen LogP contribution in [0.3, 0.4) is 0 Å². The second-order valence-corrected chi connectivity index (χ2v) is 8.18.